The van der Waals surface area contributed by atoms with Gasteiger partial charge in [0.15, 0.2) is 0 Å². The van der Waals surface area contributed by atoms with Gasteiger partial charge in [-0.1, -0.05) is 41.0 Å². The molecule has 0 aliphatic carbocycles. The van der Waals surface area contributed by atoms with Crippen molar-refractivity contribution in [3.63, 3.8) is 0 Å². The second kappa shape index (κ2) is 8.95. The number of hydrogen-bond acceptors (Lipinski definition) is 4. The van der Waals surface area contributed by atoms with Gasteiger partial charge < -0.3 is 9.64 Å². The number of carbonyl (C=O) groups is 1. The van der Waals surface area contributed by atoms with Gasteiger partial charge in [0.05, 0.1) is 28.4 Å². The van der Waals surface area contributed by atoms with Crippen LogP contribution in [0.5, 0.6) is 0 Å². The summed E-state index contributed by atoms with van der Waals surface area (Å²) in [4.78, 5) is 19.7. The lowest BCUT2D eigenvalue weighted by Gasteiger charge is -2.56. The van der Waals surface area contributed by atoms with Crippen LogP contribution < -0.4 is 4.90 Å². The minimum Gasteiger partial charge on any atom is -0.463 e. The zero-order chi connectivity index (χ0) is 22.1. The zero-order valence-corrected chi connectivity index (χ0v) is 21.4. The fourth-order valence-corrected chi connectivity index (χ4v) is 5.38. The van der Waals surface area contributed by atoms with E-state index >= 15 is 0 Å². The molecule has 2 heterocycles. The average Bonchev–Trinajstić information content (AvgIpc) is 2.57. The molecule has 164 valence electrons. The molecule has 1 aliphatic heterocycles. The molecule has 29 heavy (non-hydrogen) atoms. The number of nitrogens with zero attached hydrogens (tertiary/aromatic N) is 2. The Morgan fingerprint density at radius 2 is 1.90 bits per heavy atom. The topological polar surface area (TPSA) is 42.4 Å². The third-order valence-corrected chi connectivity index (χ3v) is 8.16. The summed E-state index contributed by atoms with van der Waals surface area (Å²) in [6.45, 7) is 21.7. The first kappa shape index (κ1) is 24.2. The van der Waals surface area contributed by atoms with Gasteiger partial charge in [-0.3, -0.25) is 9.78 Å². The molecule has 1 saturated heterocycles. The molecule has 1 aromatic heterocycles. The highest BCUT2D eigenvalue weighted by Crippen LogP contribution is 2.53. The highest BCUT2D eigenvalue weighted by atomic mass is 79.9. The van der Waals surface area contributed by atoms with E-state index in [0.717, 1.165) is 40.2 Å². The van der Waals surface area contributed by atoms with Crippen molar-refractivity contribution in [3.8, 4) is 0 Å². The summed E-state index contributed by atoms with van der Waals surface area (Å²) in [7, 11) is 0. The van der Waals surface area contributed by atoms with E-state index in [1.165, 1.54) is 12.8 Å². The number of esters is 1. The molecule has 1 fully saturated rings. The van der Waals surface area contributed by atoms with E-state index in [1.807, 2.05) is 27.7 Å². The molecule has 0 radical (unpaired) electrons. The van der Waals surface area contributed by atoms with Gasteiger partial charge in [-0.25, -0.2) is 0 Å². The second-order valence-electron chi connectivity index (χ2n) is 9.95. The molecule has 1 aliphatic rings. The van der Waals surface area contributed by atoms with Gasteiger partial charge in [0, 0.05) is 24.3 Å². The molecule has 0 amide bonds. The fourth-order valence-electron chi connectivity index (χ4n) is 4.80. The number of aryl methyl sites for hydroxylation is 2. The summed E-state index contributed by atoms with van der Waals surface area (Å²) < 4.78 is 6.46. The molecule has 0 aromatic carbocycles. The number of rotatable bonds is 6. The van der Waals surface area contributed by atoms with Gasteiger partial charge in [-0.15, -0.1) is 0 Å². The number of aromatic nitrogens is 1. The van der Waals surface area contributed by atoms with Crippen LogP contribution in [0, 0.1) is 30.6 Å². The Kier molecular flexibility index (Phi) is 7.46. The number of hydrogen-bond donors (Lipinski definition) is 0. The summed E-state index contributed by atoms with van der Waals surface area (Å²) in [5, 5.41) is 0. The predicted octanol–water partition coefficient (Wildman–Crippen LogP) is 6.24. The Morgan fingerprint density at radius 3 is 2.45 bits per heavy atom. The molecule has 2 atom stereocenters. The van der Waals surface area contributed by atoms with Crippen LogP contribution in [0.4, 0.5) is 5.69 Å². The molecule has 0 saturated carbocycles. The van der Waals surface area contributed by atoms with Crippen molar-refractivity contribution in [2.24, 2.45) is 16.7 Å². The summed E-state index contributed by atoms with van der Waals surface area (Å²) in [5.41, 5.74) is 4.43. The number of anilines is 1. The molecule has 0 spiro atoms. The number of ether oxygens (including phenoxy) is 1. The molecule has 0 bridgehead atoms. The molecule has 2 unspecified atom stereocenters. The highest BCUT2D eigenvalue weighted by Gasteiger charge is 2.49. The zero-order valence-electron chi connectivity index (χ0n) is 19.8. The summed E-state index contributed by atoms with van der Waals surface area (Å²) in [6, 6.07) is 0. The van der Waals surface area contributed by atoms with E-state index in [0.29, 0.717) is 5.92 Å². The summed E-state index contributed by atoms with van der Waals surface area (Å²) >= 11 is 3.81. The van der Waals surface area contributed by atoms with Gasteiger partial charge in [0.2, 0.25) is 0 Å². The Labute approximate surface area is 185 Å². The first-order valence-electron chi connectivity index (χ1n) is 10.9. The highest BCUT2D eigenvalue weighted by molar-refractivity contribution is 9.10. The number of pyridine rings is 1. The van der Waals surface area contributed by atoms with E-state index in [-0.39, 0.29) is 29.3 Å². The maximum atomic E-state index is 12.5. The van der Waals surface area contributed by atoms with Crippen molar-refractivity contribution in [1.82, 2.24) is 4.98 Å². The Morgan fingerprint density at radius 1 is 1.28 bits per heavy atom. The lowest BCUT2D eigenvalue weighted by Crippen LogP contribution is -2.56. The number of halogens is 1. The molecule has 0 N–H and O–H groups in total. The van der Waals surface area contributed by atoms with Crippen molar-refractivity contribution in [2.45, 2.75) is 87.7 Å². The van der Waals surface area contributed by atoms with E-state index < -0.39 is 0 Å². The smallest absolute Gasteiger partial charge is 0.310 e. The minimum absolute atomic E-state index is 0.114. The first-order valence-corrected chi connectivity index (χ1v) is 11.7. The van der Waals surface area contributed by atoms with E-state index in [4.69, 9.17) is 9.72 Å². The Bertz CT molecular complexity index is 760. The maximum absolute atomic E-state index is 12.5. The van der Waals surface area contributed by atoms with Crippen molar-refractivity contribution in [2.75, 3.05) is 18.0 Å². The fraction of sp³-hybridized carbons (Fsp3) is 0.750. The van der Waals surface area contributed by atoms with E-state index in [9.17, 15) is 4.79 Å². The third kappa shape index (κ3) is 4.81. The first-order chi connectivity index (χ1) is 13.3. The molecule has 5 heteroatoms. The van der Waals surface area contributed by atoms with Crippen molar-refractivity contribution >= 4 is 27.6 Å². The summed E-state index contributed by atoms with van der Waals surface area (Å²) in [6.07, 6.45) is 2.50. The van der Waals surface area contributed by atoms with Gasteiger partial charge >= 0.3 is 5.97 Å². The van der Waals surface area contributed by atoms with Gasteiger partial charge in [-0.05, 0) is 66.8 Å². The monoisotopic (exact) mass is 466 g/mol. The van der Waals surface area contributed by atoms with Crippen molar-refractivity contribution in [3.05, 3.63) is 21.4 Å². The van der Waals surface area contributed by atoms with Crippen LogP contribution in [-0.4, -0.2) is 30.1 Å². The minimum atomic E-state index is -0.191. The van der Waals surface area contributed by atoms with Crippen LogP contribution in [0.15, 0.2) is 4.47 Å². The van der Waals surface area contributed by atoms with Crippen LogP contribution in [-0.2, 0) is 16.0 Å². The quantitative estimate of drug-likeness (QED) is 0.464. The second-order valence-corrected chi connectivity index (χ2v) is 10.7. The van der Waals surface area contributed by atoms with Crippen LogP contribution in [0.25, 0.3) is 0 Å². The van der Waals surface area contributed by atoms with Gasteiger partial charge in [0.25, 0.3) is 0 Å². The largest absolute Gasteiger partial charge is 0.463 e. The molecular weight excluding hydrogens is 428 g/mol. The maximum Gasteiger partial charge on any atom is 0.310 e. The standard InChI is InChI=1S/C24H39BrN2O2/c1-10-11-24(9)14-27(13-16(4)23(24,7)8)22-19(12-20(28)29-15(2)3)17(5)26-18(6)21(22)25/h15-16H,10-14H2,1-9H3. The lowest BCUT2D eigenvalue weighted by atomic mass is 9.56. The Hall–Kier alpha value is -1.10. The van der Waals surface area contributed by atoms with E-state index in [2.05, 4.69) is 55.4 Å². The van der Waals surface area contributed by atoms with E-state index in [1.54, 1.807) is 0 Å². The molecule has 1 aromatic rings. The molecule has 2 rings (SSSR count). The lowest BCUT2D eigenvalue weighted by molar-refractivity contribution is -0.146. The van der Waals surface area contributed by atoms with Crippen LogP contribution in [0.2, 0.25) is 0 Å². The average molecular weight is 467 g/mol. The normalized spacial score (nSPS) is 24.1. The predicted molar refractivity (Wildman–Crippen MR) is 125 cm³/mol. The SMILES string of the molecule is CCCC1(C)CN(c2c(Br)c(C)nc(C)c2CC(=O)OC(C)C)CC(C)C1(C)C. The van der Waals surface area contributed by atoms with Crippen LogP contribution in [0.3, 0.4) is 0 Å². The van der Waals surface area contributed by atoms with Crippen molar-refractivity contribution < 1.29 is 9.53 Å². The molecular formula is C24H39BrN2O2. The van der Waals surface area contributed by atoms with Gasteiger partial charge in [0.1, 0.15) is 0 Å². The van der Waals surface area contributed by atoms with Crippen LogP contribution >= 0.6 is 15.9 Å². The summed E-state index contributed by atoms with van der Waals surface area (Å²) in [5.74, 6) is 0.340. The molecule has 4 nitrogen and oxygen atoms in total. The third-order valence-electron chi connectivity index (χ3n) is 7.21. The Balaban J connectivity index is 2.54. The van der Waals surface area contributed by atoms with Crippen molar-refractivity contribution in [1.29, 1.82) is 0 Å². The van der Waals surface area contributed by atoms with Gasteiger partial charge in [-0.2, -0.15) is 0 Å². The van der Waals surface area contributed by atoms with Crippen LogP contribution in [0.1, 0.15) is 78.3 Å². The number of carbonyl (C=O) groups excluding carboxylic acids is 1. The number of piperidine rings is 1.